The number of aromatic amines is 1. The van der Waals surface area contributed by atoms with Gasteiger partial charge in [0.15, 0.2) is 5.78 Å². The van der Waals surface area contributed by atoms with Crippen molar-refractivity contribution in [1.82, 2.24) is 15.2 Å². The van der Waals surface area contributed by atoms with E-state index < -0.39 is 0 Å². The summed E-state index contributed by atoms with van der Waals surface area (Å²) in [6.07, 6.45) is 1.95. The summed E-state index contributed by atoms with van der Waals surface area (Å²) in [5.41, 5.74) is 2.77. The first-order chi connectivity index (χ1) is 9.45. The fraction of sp³-hybridized carbons (Fsp3) is 0.600. The third-order valence-corrected chi connectivity index (χ3v) is 4.19. The second-order valence-electron chi connectivity index (χ2n) is 5.54. The molecule has 5 nitrogen and oxygen atoms in total. The first kappa shape index (κ1) is 14.8. The Morgan fingerprint density at radius 1 is 1.25 bits per heavy atom. The molecule has 110 valence electrons. The summed E-state index contributed by atoms with van der Waals surface area (Å²) in [6, 6.07) is 0.498. The minimum absolute atomic E-state index is 0.00388. The number of nitrogens with zero attached hydrogens (tertiary/aromatic N) is 1. The lowest BCUT2D eigenvalue weighted by Gasteiger charge is -2.31. The van der Waals surface area contributed by atoms with E-state index in [1.165, 1.54) is 6.92 Å². The lowest BCUT2D eigenvalue weighted by Crippen LogP contribution is -2.44. The summed E-state index contributed by atoms with van der Waals surface area (Å²) in [5, 5.41) is 3.25. The van der Waals surface area contributed by atoms with Crippen LogP contribution < -0.4 is 5.32 Å². The fourth-order valence-electron chi connectivity index (χ4n) is 3.02. The standard InChI is InChI=1S/C15H23N3O2/c1-9-13(11(3)19)10(2)17-14(9)15(20)18-7-5-12(16-4)6-8-18/h12,16-17H,5-8H2,1-4H3. The van der Waals surface area contributed by atoms with Crippen LogP contribution in [0, 0.1) is 13.8 Å². The Balaban J connectivity index is 2.18. The highest BCUT2D eigenvalue weighted by Gasteiger charge is 2.26. The number of rotatable bonds is 3. The predicted octanol–water partition coefficient (Wildman–Crippen LogP) is 1.66. The van der Waals surface area contributed by atoms with E-state index in [-0.39, 0.29) is 11.7 Å². The number of aryl methyl sites for hydroxylation is 1. The summed E-state index contributed by atoms with van der Waals surface area (Å²) in [7, 11) is 1.96. The molecule has 0 bridgehead atoms. The van der Waals surface area contributed by atoms with Crippen molar-refractivity contribution in [3.63, 3.8) is 0 Å². The number of aromatic nitrogens is 1. The van der Waals surface area contributed by atoms with E-state index >= 15 is 0 Å². The lowest BCUT2D eigenvalue weighted by atomic mass is 10.0. The van der Waals surface area contributed by atoms with E-state index in [4.69, 9.17) is 0 Å². The molecule has 0 atom stereocenters. The van der Waals surface area contributed by atoms with Crippen molar-refractivity contribution in [2.24, 2.45) is 0 Å². The van der Waals surface area contributed by atoms with E-state index in [1.54, 1.807) is 0 Å². The average Bonchev–Trinajstić information content (AvgIpc) is 2.73. The molecule has 1 aliphatic rings. The topological polar surface area (TPSA) is 65.2 Å². The number of amides is 1. The van der Waals surface area contributed by atoms with E-state index in [9.17, 15) is 9.59 Å². The van der Waals surface area contributed by atoms with Crippen molar-refractivity contribution in [3.8, 4) is 0 Å². The molecule has 2 N–H and O–H groups in total. The van der Waals surface area contributed by atoms with Gasteiger partial charge in [-0.2, -0.15) is 0 Å². The second-order valence-corrected chi connectivity index (χ2v) is 5.54. The van der Waals surface area contributed by atoms with Gasteiger partial charge in [0.2, 0.25) is 0 Å². The van der Waals surface area contributed by atoms with Gasteiger partial charge in [0.25, 0.3) is 5.91 Å². The van der Waals surface area contributed by atoms with Crippen LogP contribution in [0.3, 0.4) is 0 Å². The Labute approximate surface area is 119 Å². The van der Waals surface area contributed by atoms with Crippen molar-refractivity contribution in [3.05, 3.63) is 22.5 Å². The second kappa shape index (κ2) is 5.79. The third-order valence-electron chi connectivity index (χ3n) is 4.19. The molecular weight excluding hydrogens is 254 g/mol. The fourth-order valence-corrected chi connectivity index (χ4v) is 3.02. The van der Waals surface area contributed by atoms with E-state index in [1.807, 2.05) is 25.8 Å². The lowest BCUT2D eigenvalue weighted by molar-refractivity contribution is 0.0701. The molecule has 1 aliphatic heterocycles. The molecule has 1 aromatic rings. The van der Waals surface area contributed by atoms with E-state index in [0.29, 0.717) is 17.3 Å². The molecule has 0 aliphatic carbocycles. The Bertz CT molecular complexity index is 525. The van der Waals surface area contributed by atoms with Crippen LogP contribution in [0.2, 0.25) is 0 Å². The molecule has 5 heteroatoms. The number of piperidine rings is 1. The first-order valence-corrected chi connectivity index (χ1v) is 7.12. The molecule has 0 radical (unpaired) electrons. The highest BCUT2D eigenvalue weighted by molar-refractivity contribution is 6.02. The summed E-state index contributed by atoms with van der Waals surface area (Å²) in [6.45, 7) is 6.74. The normalized spacial score (nSPS) is 16.5. The summed E-state index contributed by atoms with van der Waals surface area (Å²) < 4.78 is 0. The van der Waals surface area contributed by atoms with Crippen molar-refractivity contribution in [2.75, 3.05) is 20.1 Å². The summed E-state index contributed by atoms with van der Waals surface area (Å²) >= 11 is 0. The largest absolute Gasteiger partial charge is 0.354 e. The maximum Gasteiger partial charge on any atom is 0.270 e. The number of hydrogen-bond donors (Lipinski definition) is 2. The van der Waals surface area contributed by atoms with Gasteiger partial charge in [-0.05, 0) is 46.2 Å². The first-order valence-electron chi connectivity index (χ1n) is 7.12. The van der Waals surface area contributed by atoms with Crippen LogP contribution in [0.15, 0.2) is 0 Å². The highest BCUT2D eigenvalue weighted by Crippen LogP contribution is 2.21. The van der Waals surface area contributed by atoms with Gasteiger partial charge in [0.05, 0.1) is 0 Å². The highest BCUT2D eigenvalue weighted by atomic mass is 16.2. The van der Waals surface area contributed by atoms with Gasteiger partial charge in [0.1, 0.15) is 5.69 Å². The number of nitrogens with one attached hydrogen (secondary N) is 2. The smallest absolute Gasteiger partial charge is 0.270 e. The summed E-state index contributed by atoms with van der Waals surface area (Å²) in [5.74, 6) is 0.0110. The molecule has 1 aromatic heterocycles. The SMILES string of the molecule is CNC1CCN(C(=O)c2[nH]c(C)c(C(C)=O)c2C)CC1. The molecule has 1 amide bonds. The minimum atomic E-state index is 0.00388. The van der Waals surface area contributed by atoms with Crippen LogP contribution in [0.4, 0.5) is 0 Å². The van der Waals surface area contributed by atoms with E-state index in [0.717, 1.165) is 37.2 Å². The number of carbonyl (C=O) groups is 2. The predicted molar refractivity (Wildman–Crippen MR) is 78.3 cm³/mol. The van der Waals surface area contributed by atoms with Crippen LogP contribution in [0.1, 0.15) is 51.9 Å². The van der Waals surface area contributed by atoms with Gasteiger partial charge >= 0.3 is 0 Å². The molecular formula is C15H23N3O2. The Morgan fingerprint density at radius 2 is 1.85 bits per heavy atom. The monoisotopic (exact) mass is 277 g/mol. The number of carbonyl (C=O) groups excluding carboxylic acids is 2. The number of ketones is 1. The zero-order valence-electron chi connectivity index (χ0n) is 12.7. The molecule has 0 unspecified atom stereocenters. The van der Waals surface area contributed by atoms with Gasteiger partial charge in [-0.3, -0.25) is 9.59 Å². The molecule has 1 saturated heterocycles. The number of Topliss-reactive ketones (excluding diaryl/α,β-unsaturated/α-hetero) is 1. The van der Waals surface area contributed by atoms with Crippen LogP contribution in [0.25, 0.3) is 0 Å². The molecule has 2 heterocycles. The van der Waals surface area contributed by atoms with Crippen LogP contribution in [-0.2, 0) is 0 Å². The molecule has 20 heavy (non-hydrogen) atoms. The van der Waals surface area contributed by atoms with Crippen molar-refractivity contribution in [1.29, 1.82) is 0 Å². The average molecular weight is 277 g/mol. The van der Waals surface area contributed by atoms with Gasteiger partial charge in [0, 0.05) is 30.4 Å². The van der Waals surface area contributed by atoms with Gasteiger partial charge in [-0.1, -0.05) is 0 Å². The number of likely N-dealkylation sites (tertiary alicyclic amines) is 1. The zero-order valence-corrected chi connectivity index (χ0v) is 12.7. The van der Waals surface area contributed by atoms with Gasteiger partial charge in [-0.15, -0.1) is 0 Å². The Kier molecular flexibility index (Phi) is 4.28. The van der Waals surface area contributed by atoms with E-state index in [2.05, 4.69) is 10.3 Å². The number of hydrogen-bond acceptors (Lipinski definition) is 3. The quantitative estimate of drug-likeness (QED) is 0.826. The van der Waals surface area contributed by atoms with Crippen LogP contribution in [-0.4, -0.2) is 47.8 Å². The van der Waals surface area contributed by atoms with Gasteiger partial charge in [-0.25, -0.2) is 0 Å². The van der Waals surface area contributed by atoms with Crippen LogP contribution in [0.5, 0.6) is 0 Å². The van der Waals surface area contributed by atoms with Crippen molar-refractivity contribution >= 4 is 11.7 Å². The molecule has 0 saturated carbocycles. The minimum Gasteiger partial charge on any atom is -0.354 e. The Hall–Kier alpha value is -1.62. The molecule has 0 spiro atoms. The number of H-pyrrole nitrogens is 1. The molecule has 1 fully saturated rings. The van der Waals surface area contributed by atoms with Gasteiger partial charge < -0.3 is 15.2 Å². The zero-order chi connectivity index (χ0) is 14.9. The van der Waals surface area contributed by atoms with Crippen molar-refractivity contribution < 1.29 is 9.59 Å². The maximum absolute atomic E-state index is 12.6. The maximum atomic E-state index is 12.6. The molecule has 0 aromatic carbocycles. The summed E-state index contributed by atoms with van der Waals surface area (Å²) in [4.78, 5) is 29.2. The Morgan fingerprint density at radius 3 is 2.30 bits per heavy atom. The van der Waals surface area contributed by atoms with Crippen molar-refractivity contribution in [2.45, 2.75) is 39.7 Å². The molecule has 2 rings (SSSR count). The third kappa shape index (κ3) is 2.63. The van der Waals surface area contributed by atoms with Crippen LogP contribution >= 0.6 is 0 Å².